The summed E-state index contributed by atoms with van der Waals surface area (Å²) in [5.41, 5.74) is 0.882. The maximum absolute atomic E-state index is 5.30. The minimum Gasteiger partial charge on any atom is -0.495 e. The number of aryl methyl sites for hydroxylation is 1. The van der Waals surface area contributed by atoms with E-state index in [-0.39, 0.29) is 0 Å². The van der Waals surface area contributed by atoms with Crippen LogP contribution in [0.3, 0.4) is 0 Å². The molecule has 0 atom stereocenters. The molecule has 0 aliphatic heterocycles. The molecule has 0 fully saturated rings. The second-order valence-electron chi connectivity index (χ2n) is 3.06. The van der Waals surface area contributed by atoms with E-state index in [1.54, 1.807) is 18.1 Å². The summed E-state index contributed by atoms with van der Waals surface area (Å²) in [6.07, 6.45) is 1.66. The van der Waals surface area contributed by atoms with E-state index in [9.17, 15) is 0 Å². The Balaban J connectivity index is 2.57. The van der Waals surface area contributed by atoms with Crippen LogP contribution < -0.4 is 4.74 Å². The van der Waals surface area contributed by atoms with Crippen molar-refractivity contribution in [3.05, 3.63) is 29.0 Å². The monoisotopic (exact) mass is 267 g/mol. The molecule has 0 unspecified atom stereocenters. The van der Waals surface area contributed by atoms with E-state index in [0.717, 1.165) is 15.8 Å². The van der Waals surface area contributed by atoms with Gasteiger partial charge in [-0.3, -0.25) is 4.68 Å². The third kappa shape index (κ3) is 1.87. The van der Waals surface area contributed by atoms with Gasteiger partial charge in [-0.2, -0.15) is 5.10 Å². The molecule has 0 radical (unpaired) electrons. The SMILES string of the molecule is COc1c(Br)cccc1-c1ncn(C)n1. The van der Waals surface area contributed by atoms with Crippen molar-refractivity contribution in [2.24, 2.45) is 7.05 Å². The van der Waals surface area contributed by atoms with Gasteiger partial charge in [0.1, 0.15) is 12.1 Å². The Morgan fingerprint density at radius 2 is 2.20 bits per heavy atom. The third-order valence-corrected chi connectivity index (χ3v) is 2.64. The predicted octanol–water partition coefficient (Wildman–Crippen LogP) is 2.25. The average Bonchev–Trinajstić information content (AvgIpc) is 2.64. The van der Waals surface area contributed by atoms with Crippen molar-refractivity contribution in [2.45, 2.75) is 0 Å². The Labute approximate surface area is 96.0 Å². The van der Waals surface area contributed by atoms with Gasteiger partial charge in [0, 0.05) is 7.05 Å². The number of halogens is 1. The number of hydrogen-bond donors (Lipinski definition) is 0. The van der Waals surface area contributed by atoms with Gasteiger partial charge in [0.2, 0.25) is 0 Å². The normalized spacial score (nSPS) is 10.3. The molecule has 1 heterocycles. The molecule has 0 saturated carbocycles. The van der Waals surface area contributed by atoms with Crippen LogP contribution in [-0.4, -0.2) is 21.9 Å². The third-order valence-electron chi connectivity index (χ3n) is 2.01. The first kappa shape index (κ1) is 10.2. The highest BCUT2D eigenvalue weighted by atomic mass is 79.9. The van der Waals surface area contributed by atoms with Crippen molar-refractivity contribution in [2.75, 3.05) is 7.11 Å². The van der Waals surface area contributed by atoms with Crippen molar-refractivity contribution in [1.29, 1.82) is 0 Å². The summed E-state index contributed by atoms with van der Waals surface area (Å²) in [4.78, 5) is 4.19. The molecule has 1 aromatic heterocycles. The number of hydrogen-bond acceptors (Lipinski definition) is 3. The zero-order valence-corrected chi connectivity index (χ0v) is 10.0. The lowest BCUT2D eigenvalue weighted by Gasteiger charge is -2.06. The van der Waals surface area contributed by atoms with Gasteiger partial charge >= 0.3 is 0 Å². The molecule has 0 N–H and O–H groups in total. The average molecular weight is 268 g/mol. The molecule has 0 aliphatic carbocycles. The second-order valence-corrected chi connectivity index (χ2v) is 3.92. The van der Waals surface area contributed by atoms with Gasteiger partial charge in [-0.05, 0) is 28.1 Å². The van der Waals surface area contributed by atoms with Crippen LogP contribution in [0.5, 0.6) is 5.75 Å². The molecule has 0 saturated heterocycles. The van der Waals surface area contributed by atoms with Crippen LogP contribution in [0.15, 0.2) is 29.0 Å². The van der Waals surface area contributed by atoms with E-state index in [4.69, 9.17) is 4.74 Å². The molecule has 1 aromatic carbocycles. The maximum Gasteiger partial charge on any atom is 0.184 e. The minimum atomic E-state index is 0.663. The first-order chi connectivity index (χ1) is 7.22. The minimum absolute atomic E-state index is 0.663. The van der Waals surface area contributed by atoms with Crippen LogP contribution in [0, 0.1) is 0 Å². The fourth-order valence-electron chi connectivity index (χ4n) is 1.36. The molecular weight excluding hydrogens is 258 g/mol. The van der Waals surface area contributed by atoms with Gasteiger partial charge in [-0.15, -0.1) is 0 Å². The maximum atomic E-state index is 5.30. The Hall–Kier alpha value is -1.36. The Kier molecular flexibility index (Phi) is 2.73. The zero-order chi connectivity index (χ0) is 10.8. The molecule has 5 heteroatoms. The molecule has 0 spiro atoms. The molecule has 2 rings (SSSR count). The highest BCUT2D eigenvalue weighted by Crippen LogP contribution is 2.34. The largest absolute Gasteiger partial charge is 0.495 e. The van der Waals surface area contributed by atoms with Crippen LogP contribution >= 0.6 is 15.9 Å². The van der Waals surface area contributed by atoms with E-state index in [1.165, 1.54) is 0 Å². The van der Waals surface area contributed by atoms with E-state index in [1.807, 2.05) is 25.2 Å². The molecule has 0 aliphatic rings. The molecule has 15 heavy (non-hydrogen) atoms. The predicted molar refractivity (Wildman–Crippen MR) is 60.7 cm³/mol. The van der Waals surface area contributed by atoms with E-state index >= 15 is 0 Å². The van der Waals surface area contributed by atoms with Crippen molar-refractivity contribution in [3.63, 3.8) is 0 Å². The smallest absolute Gasteiger partial charge is 0.184 e. The Morgan fingerprint density at radius 3 is 2.80 bits per heavy atom. The summed E-state index contributed by atoms with van der Waals surface area (Å²) >= 11 is 3.42. The van der Waals surface area contributed by atoms with Crippen molar-refractivity contribution < 1.29 is 4.74 Å². The molecule has 0 bridgehead atoms. The fourth-order valence-corrected chi connectivity index (χ4v) is 1.88. The van der Waals surface area contributed by atoms with Gasteiger partial charge in [0.15, 0.2) is 5.82 Å². The fraction of sp³-hybridized carbons (Fsp3) is 0.200. The Morgan fingerprint density at radius 1 is 1.40 bits per heavy atom. The Bertz CT molecular complexity index is 481. The number of nitrogens with zero attached hydrogens (tertiary/aromatic N) is 3. The van der Waals surface area contributed by atoms with Crippen molar-refractivity contribution in [3.8, 4) is 17.1 Å². The number of rotatable bonds is 2. The summed E-state index contributed by atoms with van der Waals surface area (Å²) < 4.78 is 7.86. The lowest BCUT2D eigenvalue weighted by atomic mass is 10.2. The second kappa shape index (κ2) is 4.02. The van der Waals surface area contributed by atoms with Crippen LogP contribution in [-0.2, 0) is 7.05 Å². The van der Waals surface area contributed by atoms with Gasteiger partial charge in [-0.25, -0.2) is 4.98 Å². The summed E-state index contributed by atoms with van der Waals surface area (Å²) in [5.74, 6) is 1.42. The number of methoxy groups -OCH3 is 1. The molecule has 2 aromatic rings. The molecule has 78 valence electrons. The van der Waals surface area contributed by atoms with Crippen LogP contribution in [0.4, 0.5) is 0 Å². The van der Waals surface area contributed by atoms with Gasteiger partial charge < -0.3 is 4.74 Å². The molecule has 4 nitrogen and oxygen atoms in total. The number of aromatic nitrogens is 3. The summed E-state index contributed by atoms with van der Waals surface area (Å²) in [6, 6.07) is 5.78. The van der Waals surface area contributed by atoms with Gasteiger partial charge in [-0.1, -0.05) is 6.07 Å². The lowest BCUT2D eigenvalue weighted by Crippen LogP contribution is -1.92. The van der Waals surface area contributed by atoms with Crippen molar-refractivity contribution in [1.82, 2.24) is 14.8 Å². The van der Waals surface area contributed by atoms with E-state index in [0.29, 0.717) is 5.82 Å². The quantitative estimate of drug-likeness (QED) is 0.838. The summed E-state index contributed by atoms with van der Waals surface area (Å²) in [5, 5.41) is 4.24. The van der Waals surface area contributed by atoms with Gasteiger partial charge in [0.05, 0.1) is 17.1 Å². The number of benzene rings is 1. The summed E-state index contributed by atoms with van der Waals surface area (Å²) in [7, 11) is 3.47. The molecular formula is C10H10BrN3O. The standard InChI is InChI=1S/C10H10BrN3O/c1-14-6-12-10(13-14)7-4-3-5-8(11)9(7)15-2/h3-6H,1-2H3. The van der Waals surface area contributed by atoms with Gasteiger partial charge in [0.25, 0.3) is 0 Å². The first-order valence-electron chi connectivity index (χ1n) is 4.41. The van der Waals surface area contributed by atoms with E-state index < -0.39 is 0 Å². The van der Waals surface area contributed by atoms with Crippen LogP contribution in [0.1, 0.15) is 0 Å². The van der Waals surface area contributed by atoms with Crippen molar-refractivity contribution >= 4 is 15.9 Å². The topological polar surface area (TPSA) is 39.9 Å². The zero-order valence-electron chi connectivity index (χ0n) is 8.44. The highest BCUT2D eigenvalue weighted by molar-refractivity contribution is 9.10. The highest BCUT2D eigenvalue weighted by Gasteiger charge is 2.11. The van der Waals surface area contributed by atoms with E-state index in [2.05, 4.69) is 26.0 Å². The summed E-state index contributed by atoms with van der Waals surface area (Å²) in [6.45, 7) is 0. The lowest BCUT2D eigenvalue weighted by molar-refractivity contribution is 0.413. The first-order valence-corrected chi connectivity index (χ1v) is 5.20. The van der Waals surface area contributed by atoms with Crippen LogP contribution in [0.25, 0.3) is 11.4 Å². The number of ether oxygens (including phenoxy) is 1. The molecule has 0 amide bonds. The van der Waals surface area contributed by atoms with Crippen LogP contribution in [0.2, 0.25) is 0 Å². The number of para-hydroxylation sites is 1.